The van der Waals surface area contributed by atoms with Gasteiger partial charge in [-0.25, -0.2) is 9.69 Å². The van der Waals surface area contributed by atoms with Gasteiger partial charge in [0.05, 0.1) is 11.3 Å². The van der Waals surface area contributed by atoms with Gasteiger partial charge in [0.25, 0.3) is 11.8 Å². The molecule has 4 amide bonds. The number of carbonyl (C=O) groups is 3. The lowest BCUT2D eigenvalue weighted by atomic mass is 10.1. The molecule has 4 rings (SSSR count). The van der Waals surface area contributed by atoms with E-state index < -0.39 is 23.4 Å². The fourth-order valence-corrected chi connectivity index (χ4v) is 4.24. The molecule has 2 heterocycles. The van der Waals surface area contributed by atoms with Crippen LogP contribution in [0.1, 0.15) is 21.5 Å². The first-order chi connectivity index (χ1) is 17.1. The number of imide groups is 1. The summed E-state index contributed by atoms with van der Waals surface area (Å²) in [4.78, 5) is 44.5. The number of hydrogen-bond donors (Lipinski definition) is 1. The van der Waals surface area contributed by atoms with E-state index in [4.69, 9.17) is 11.6 Å². The van der Waals surface area contributed by atoms with Gasteiger partial charge in [-0.3, -0.25) is 14.6 Å². The molecular formula is C24H18ClF3N4O3S. The molecule has 1 fully saturated rings. The standard InChI is InChI=1S/C24H18ClF3N4O3S/c25-17-3-1-15(2-4-17)11-30-22(34)20-12-29-10-9-16(20)13-31-14-21(33)32(23(31)35)18-5-7-19(8-6-18)36-24(26,27)28/h1-10,12H,11,13-14H2,(H,30,34). The van der Waals surface area contributed by atoms with E-state index in [0.717, 1.165) is 10.5 Å². The molecule has 186 valence electrons. The van der Waals surface area contributed by atoms with Gasteiger partial charge in [0.15, 0.2) is 0 Å². The maximum atomic E-state index is 13.0. The van der Waals surface area contributed by atoms with Gasteiger partial charge in [0.1, 0.15) is 6.54 Å². The van der Waals surface area contributed by atoms with Crippen molar-refractivity contribution in [1.29, 1.82) is 0 Å². The lowest BCUT2D eigenvalue weighted by Gasteiger charge is -2.19. The topological polar surface area (TPSA) is 82.6 Å². The SMILES string of the molecule is O=C(NCc1ccc(Cl)cc1)c1cnccc1CN1CC(=O)N(c2ccc(SC(F)(F)F)cc2)C1=O. The highest BCUT2D eigenvalue weighted by molar-refractivity contribution is 8.00. The Kier molecular flexibility index (Phi) is 7.51. The minimum absolute atomic E-state index is 0.0324. The van der Waals surface area contributed by atoms with Gasteiger partial charge >= 0.3 is 11.5 Å². The zero-order chi connectivity index (χ0) is 25.9. The third-order valence-electron chi connectivity index (χ3n) is 5.25. The van der Waals surface area contributed by atoms with Gasteiger partial charge in [-0.15, -0.1) is 0 Å². The maximum absolute atomic E-state index is 13.0. The van der Waals surface area contributed by atoms with Crippen molar-refractivity contribution in [1.82, 2.24) is 15.2 Å². The first-order valence-corrected chi connectivity index (χ1v) is 11.7. The number of benzene rings is 2. The van der Waals surface area contributed by atoms with Crippen molar-refractivity contribution < 1.29 is 27.6 Å². The molecule has 36 heavy (non-hydrogen) atoms. The van der Waals surface area contributed by atoms with Crippen molar-refractivity contribution in [2.24, 2.45) is 0 Å². The molecule has 3 aromatic rings. The van der Waals surface area contributed by atoms with E-state index in [9.17, 15) is 27.6 Å². The van der Waals surface area contributed by atoms with E-state index in [1.54, 1.807) is 30.3 Å². The Hall–Kier alpha value is -3.57. The van der Waals surface area contributed by atoms with E-state index in [2.05, 4.69) is 10.3 Å². The van der Waals surface area contributed by atoms with Crippen molar-refractivity contribution in [2.45, 2.75) is 23.5 Å². The number of urea groups is 1. The molecule has 7 nitrogen and oxygen atoms in total. The largest absolute Gasteiger partial charge is 0.446 e. The summed E-state index contributed by atoms with van der Waals surface area (Å²) in [6.07, 6.45) is 2.85. The number of alkyl halides is 3. The third-order valence-corrected chi connectivity index (χ3v) is 6.24. The quantitative estimate of drug-likeness (QED) is 0.331. The van der Waals surface area contributed by atoms with E-state index in [1.165, 1.54) is 41.6 Å². The maximum Gasteiger partial charge on any atom is 0.446 e. The van der Waals surface area contributed by atoms with Crippen molar-refractivity contribution in [3.8, 4) is 0 Å². The number of carbonyl (C=O) groups excluding carboxylic acids is 3. The number of anilines is 1. The zero-order valence-corrected chi connectivity index (χ0v) is 20.0. The molecule has 12 heteroatoms. The van der Waals surface area contributed by atoms with Gasteiger partial charge in [-0.2, -0.15) is 13.2 Å². The molecule has 1 N–H and O–H groups in total. The summed E-state index contributed by atoms with van der Waals surface area (Å²) in [7, 11) is 0. The Morgan fingerprint density at radius 1 is 1.06 bits per heavy atom. The molecular weight excluding hydrogens is 517 g/mol. The molecule has 1 aromatic heterocycles. The number of rotatable bonds is 7. The number of pyridine rings is 1. The molecule has 1 aliphatic rings. The summed E-state index contributed by atoms with van der Waals surface area (Å²) in [5, 5.41) is 3.37. The second kappa shape index (κ2) is 10.6. The Morgan fingerprint density at radius 2 is 1.75 bits per heavy atom. The zero-order valence-electron chi connectivity index (χ0n) is 18.5. The van der Waals surface area contributed by atoms with Gasteiger partial charge in [-0.1, -0.05) is 23.7 Å². The summed E-state index contributed by atoms with van der Waals surface area (Å²) in [5.41, 5.74) is -2.71. The molecule has 0 aliphatic carbocycles. The monoisotopic (exact) mass is 534 g/mol. The lowest BCUT2D eigenvalue weighted by molar-refractivity contribution is -0.116. The molecule has 0 atom stereocenters. The second-order valence-electron chi connectivity index (χ2n) is 7.75. The van der Waals surface area contributed by atoms with Crippen molar-refractivity contribution >= 4 is 46.9 Å². The number of halogens is 4. The summed E-state index contributed by atoms with van der Waals surface area (Å²) in [6.45, 7) is -0.0246. The number of nitrogens with zero attached hydrogens (tertiary/aromatic N) is 3. The van der Waals surface area contributed by atoms with E-state index in [1.807, 2.05) is 0 Å². The number of nitrogens with one attached hydrogen (secondary N) is 1. The van der Waals surface area contributed by atoms with Crippen LogP contribution in [-0.2, 0) is 17.9 Å². The van der Waals surface area contributed by atoms with Crippen LogP contribution in [0, 0.1) is 0 Å². The molecule has 0 saturated carbocycles. The van der Waals surface area contributed by atoms with Crippen LogP contribution in [0.4, 0.5) is 23.7 Å². The summed E-state index contributed by atoms with van der Waals surface area (Å²) < 4.78 is 37.7. The Balaban J connectivity index is 1.44. The van der Waals surface area contributed by atoms with Gasteiger partial charge < -0.3 is 10.2 Å². The van der Waals surface area contributed by atoms with Crippen molar-refractivity contribution in [3.05, 3.63) is 88.7 Å². The van der Waals surface area contributed by atoms with Crippen molar-refractivity contribution in [3.63, 3.8) is 0 Å². The van der Waals surface area contributed by atoms with Crippen LogP contribution in [0.25, 0.3) is 0 Å². The summed E-state index contributed by atoms with van der Waals surface area (Å²) >= 11 is 5.59. The normalized spacial score (nSPS) is 13.9. The minimum Gasteiger partial charge on any atom is -0.348 e. The number of aromatic nitrogens is 1. The fourth-order valence-electron chi connectivity index (χ4n) is 3.58. The summed E-state index contributed by atoms with van der Waals surface area (Å²) in [6, 6.07) is 12.9. The van der Waals surface area contributed by atoms with Crippen LogP contribution in [-0.4, -0.2) is 39.8 Å². The molecule has 1 saturated heterocycles. The lowest BCUT2D eigenvalue weighted by Crippen LogP contribution is -2.33. The van der Waals surface area contributed by atoms with Crippen LogP contribution in [0.2, 0.25) is 5.02 Å². The number of hydrogen-bond acceptors (Lipinski definition) is 5. The average molecular weight is 535 g/mol. The van der Waals surface area contributed by atoms with Gasteiger partial charge in [0.2, 0.25) is 0 Å². The second-order valence-corrected chi connectivity index (χ2v) is 9.33. The Labute approximate surface area is 213 Å². The smallest absolute Gasteiger partial charge is 0.348 e. The van der Waals surface area contributed by atoms with Crippen LogP contribution in [0.5, 0.6) is 0 Å². The Morgan fingerprint density at radius 3 is 2.42 bits per heavy atom. The van der Waals surface area contributed by atoms with Crippen LogP contribution < -0.4 is 10.2 Å². The molecule has 0 unspecified atom stereocenters. The molecule has 0 spiro atoms. The number of amides is 4. The van der Waals surface area contributed by atoms with Crippen LogP contribution >= 0.6 is 23.4 Å². The Bertz CT molecular complexity index is 1290. The molecule has 0 bridgehead atoms. The average Bonchev–Trinajstić information content (AvgIpc) is 3.11. The van der Waals surface area contributed by atoms with E-state index in [0.29, 0.717) is 10.6 Å². The number of thioether (sulfide) groups is 1. The highest BCUT2D eigenvalue weighted by Crippen LogP contribution is 2.37. The van der Waals surface area contributed by atoms with E-state index in [-0.39, 0.29) is 47.5 Å². The fraction of sp³-hybridized carbons (Fsp3) is 0.167. The first-order valence-electron chi connectivity index (χ1n) is 10.5. The third kappa shape index (κ3) is 6.16. The first kappa shape index (κ1) is 25.5. The molecule has 1 aliphatic heterocycles. The predicted molar refractivity (Wildman–Crippen MR) is 129 cm³/mol. The predicted octanol–water partition coefficient (Wildman–Crippen LogP) is 5.25. The van der Waals surface area contributed by atoms with Gasteiger partial charge in [0, 0.05) is 35.4 Å². The molecule has 2 aromatic carbocycles. The van der Waals surface area contributed by atoms with Crippen LogP contribution in [0.15, 0.2) is 71.9 Å². The summed E-state index contributed by atoms with van der Waals surface area (Å²) in [5.74, 6) is -0.931. The van der Waals surface area contributed by atoms with Gasteiger partial charge in [-0.05, 0) is 65.4 Å². The van der Waals surface area contributed by atoms with Crippen LogP contribution in [0.3, 0.4) is 0 Å². The van der Waals surface area contributed by atoms with Crippen molar-refractivity contribution in [2.75, 3.05) is 11.4 Å². The molecule has 0 radical (unpaired) electrons. The highest BCUT2D eigenvalue weighted by Gasteiger charge is 2.37. The highest BCUT2D eigenvalue weighted by atomic mass is 35.5. The minimum atomic E-state index is -4.44. The van der Waals surface area contributed by atoms with E-state index >= 15 is 0 Å².